The van der Waals surface area contributed by atoms with Gasteiger partial charge in [-0.3, -0.25) is 4.90 Å². The van der Waals surface area contributed by atoms with Crippen molar-refractivity contribution in [2.45, 2.75) is 39.2 Å². The number of morpholine rings is 1. The molecule has 1 aliphatic heterocycles. The summed E-state index contributed by atoms with van der Waals surface area (Å²) >= 11 is 8.47. The molecule has 1 atom stereocenters. The zero-order valence-corrected chi connectivity index (χ0v) is 14.9. The lowest BCUT2D eigenvalue weighted by atomic mass is 10.2. The lowest BCUT2D eigenvalue weighted by Crippen LogP contribution is -2.39. The quantitative estimate of drug-likeness (QED) is 0.551. The molecule has 0 aliphatic carbocycles. The van der Waals surface area contributed by atoms with E-state index in [0.29, 0.717) is 5.15 Å². The van der Waals surface area contributed by atoms with Crippen molar-refractivity contribution in [1.82, 2.24) is 14.9 Å². The maximum absolute atomic E-state index is 6.24. The molecule has 0 N–H and O–H groups in total. The van der Waals surface area contributed by atoms with Gasteiger partial charge in [0.1, 0.15) is 11.3 Å². The molecule has 1 aromatic heterocycles. The number of rotatable bonds is 5. The van der Waals surface area contributed by atoms with Gasteiger partial charge in [-0.1, -0.05) is 31.9 Å². The van der Waals surface area contributed by atoms with Gasteiger partial charge >= 0.3 is 0 Å². The molecule has 112 valence electrons. The topological polar surface area (TPSA) is 38.2 Å². The predicted molar refractivity (Wildman–Crippen MR) is 89.2 cm³/mol. The van der Waals surface area contributed by atoms with Crippen LogP contribution in [0, 0.1) is 3.57 Å². The molecule has 0 aromatic carbocycles. The number of aromatic nitrogens is 2. The maximum atomic E-state index is 6.24. The Morgan fingerprint density at radius 1 is 1.35 bits per heavy atom. The molecular formula is C14H21ClIN3O. The third-order valence-electron chi connectivity index (χ3n) is 3.36. The van der Waals surface area contributed by atoms with Gasteiger partial charge in [-0.05, 0) is 42.0 Å². The maximum Gasteiger partial charge on any atom is 0.160 e. The van der Waals surface area contributed by atoms with Crippen molar-refractivity contribution in [1.29, 1.82) is 0 Å². The van der Waals surface area contributed by atoms with E-state index in [4.69, 9.17) is 16.3 Å². The van der Waals surface area contributed by atoms with Crippen LogP contribution in [0.25, 0.3) is 0 Å². The molecule has 2 rings (SSSR count). The zero-order chi connectivity index (χ0) is 14.5. The summed E-state index contributed by atoms with van der Waals surface area (Å²) in [6.07, 6.45) is 3.08. The Morgan fingerprint density at radius 3 is 2.85 bits per heavy atom. The largest absolute Gasteiger partial charge is 0.368 e. The number of hydrogen-bond donors (Lipinski definition) is 0. The van der Waals surface area contributed by atoms with Crippen LogP contribution < -0.4 is 0 Å². The van der Waals surface area contributed by atoms with Crippen LogP contribution >= 0.6 is 34.2 Å². The third kappa shape index (κ3) is 4.02. The van der Waals surface area contributed by atoms with Crippen LogP contribution in [0.5, 0.6) is 0 Å². The molecule has 1 saturated heterocycles. The van der Waals surface area contributed by atoms with Gasteiger partial charge in [0.05, 0.1) is 15.9 Å². The number of aryl methyl sites for hydroxylation is 1. The molecule has 0 amide bonds. The summed E-state index contributed by atoms with van der Waals surface area (Å²) < 4.78 is 6.81. The van der Waals surface area contributed by atoms with Crippen LogP contribution in [0.2, 0.25) is 5.15 Å². The van der Waals surface area contributed by atoms with E-state index in [1.165, 1.54) is 0 Å². The minimum absolute atomic E-state index is 0.0552. The SMILES string of the molecule is CCCc1nc(C2CN(CCC)CCO2)nc(Cl)c1I. The Kier molecular flexibility index (Phi) is 6.45. The average molecular weight is 410 g/mol. The molecule has 6 heteroatoms. The summed E-state index contributed by atoms with van der Waals surface area (Å²) in [6.45, 7) is 8.02. The van der Waals surface area contributed by atoms with Crippen LogP contribution in [-0.2, 0) is 11.2 Å². The second-order valence-electron chi connectivity index (χ2n) is 5.04. The summed E-state index contributed by atoms with van der Waals surface area (Å²) in [7, 11) is 0. The minimum atomic E-state index is -0.0552. The van der Waals surface area contributed by atoms with Gasteiger partial charge in [0.15, 0.2) is 5.82 Å². The van der Waals surface area contributed by atoms with E-state index in [9.17, 15) is 0 Å². The van der Waals surface area contributed by atoms with Gasteiger partial charge in [-0.25, -0.2) is 9.97 Å². The number of ether oxygens (including phenoxy) is 1. The monoisotopic (exact) mass is 409 g/mol. The fraction of sp³-hybridized carbons (Fsp3) is 0.714. The van der Waals surface area contributed by atoms with Crippen LogP contribution in [0.1, 0.15) is 44.3 Å². The first-order valence-electron chi connectivity index (χ1n) is 7.21. The highest BCUT2D eigenvalue weighted by Gasteiger charge is 2.25. The van der Waals surface area contributed by atoms with Crippen molar-refractivity contribution in [2.24, 2.45) is 0 Å². The first-order valence-corrected chi connectivity index (χ1v) is 8.67. The summed E-state index contributed by atoms with van der Waals surface area (Å²) in [4.78, 5) is 11.5. The summed E-state index contributed by atoms with van der Waals surface area (Å²) in [6, 6.07) is 0. The molecule has 1 unspecified atom stereocenters. The average Bonchev–Trinajstić information content (AvgIpc) is 2.44. The number of nitrogens with zero attached hydrogens (tertiary/aromatic N) is 3. The fourth-order valence-electron chi connectivity index (χ4n) is 2.41. The lowest BCUT2D eigenvalue weighted by Gasteiger charge is -2.32. The first kappa shape index (κ1) is 16.4. The molecule has 4 nitrogen and oxygen atoms in total. The predicted octanol–water partition coefficient (Wildman–Crippen LogP) is 3.47. The first-order chi connectivity index (χ1) is 9.65. The molecule has 0 spiro atoms. The van der Waals surface area contributed by atoms with E-state index in [1.54, 1.807) is 0 Å². The van der Waals surface area contributed by atoms with Crippen LogP contribution in [-0.4, -0.2) is 41.1 Å². The van der Waals surface area contributed by atoms with E-state index < -0.39 is 0 Å². The highest BCUT2D eigenvalue weighted by Crippen LogP contribution is 2.25. The molecule has 0 saturated carbocycles. The highest BCUT2D eigenvalue weighted by molar-refractivity contribution is 14.1. The van der Waals surface area contributed by atoms with Crippen molar-refractivity contribution < 1.29 is 4.74 Å². The number of hydrogen-bond acceptors (Lipinski definition) is 4. The zero-order valence-electron chi connectivity index (χ0n) is 12.0. The fourth-order valence-corrected chi connectivity index (χ4v) is 3.11. The van der Waals surface area contributed by atoms with Crippen molar-refractivity contribution in [3.8, 4) is 0 Å². The molecule has 20 heavy (non-hydrogen) atoms. The molecule has 1 fully saturated rings. The highest BCUT2D eigenvalue weighted by atomic mass is 127. The minimum Gasteiger partial charge on any atom is -0.368 e. The second-order valence-corrected chi connectivity index (χ2v) is 6.48. The van der Waals surface area contributed by atoms with Crippen LogP contribution in [0.4, 0.5) is 0 Å². The van der Waals surface area contributed by atoms with Crippen molar-refractivity contribution in [3.63, 3.8) is 0 Å². The second kappa shape index (κ2) is 7.87. The molecule has 1 aliphatic rings. The van der Waals surface area contributed by atoms with E-state index >= 15 is 0 Å². The summed E-state index contributed by atoms with van der Waals surface area (Å²) in [5.74, 6) is 0.736. The molecule has 2 heterocycles. The van der Waals surface area contributed by atoms with E-state index in [0.717, 1.165) is 60.6 Å². The van der Waals surface area contributed by atoms with Crippen molar-refractivity contribution >= 4 is 34.2 Å². The third-order valence-corrected chi connectivity index (χ3v) is 5.09. The molecule has 0 bridgehead atoms. The van der Waals surface area contributed by atoms with E-state index in [2.05, 4.69) is 51.3 Å². The van der Waals surface area contributed by atoms with E-state index in [-0.39, 0.29) is 6.10 Å². The Labute approximate surface area is 139 Å². The smallest absolute Gasteiger partial charge is 0.160 e. The number of halogens is 2. The Bertz CT molecular complexity index is 456. The van der Waals surface area contributed by atoms with Gasteiger partial charge < -0.3 is 4.74 Å². The van der Waals surface area contributed by atoms with Gasteiger partial charge in [0.25, 0.3) is 0 Å². The van der Waals surface area contributed by atoms with E-state index in [1.807, 2.05) is 0 Å². The summed E-state index contributed by atoms with van der Waals surface area (Å²) in [5.41, 5.74) is 1.04. The van der Waals surface area contributed by atoms with Gasteiger partial charge in [-0.2, -0.15) is 0 Å². The van der Waals surface area contributed by atoms with Crippen LogP contribution in [0.3, 0.4) is 0 Å². The molecule has 0 radical (unpaired) electrons. The Hall–Kier alpha value is 0.0200. The normalized spacial score (nSPS) is 20.3. The van der Waals surface area contributed by atoms with Gasteiger partial charge in [-0.15, -0.1) is 0 Å². The van der Waals surface area contributed by atoms with Gasteiger partial charge in [0.2, 0.25) is 0 Å². The van der Waals surface area contributed by atoms with Crippen LogP contribution in [0.15, 0.2) is 0 Å². The molecule has 1 aromatic rings. The molecular weight excluding hydrogens is 389 g/mol. The van der Waals surface area contributed by atoms with Crippen molar-refractivity contribution in [2.75, 3.05) is 26.2 Å². The van der Waals surface area contributed by atoms with Crippen molar-refractivity contribution in [3.05, 3.63) is 20.2 Å². The lowest BCUT2D eigenvalue weighted by molar-refractivity contribution is -0.0343. The Balaban J connectivity index is 2.19. The summed E-state index contributed by atoms with van der Waals surface area (Å²) in [5, 5.41) is 0.551. The Morgan fingerprint density at radius 2 is 2.15 bits per heavy atom. The van der Waals surface area contributed by atoms with Gasteiger partial charge in [0, 0.05) is 13.1 Å². The standard InChI is InChI=1S/C14H21ClIN3O/c1-3-5-10-12(16)13(15)18-14(17-10)11-9-19(6-4-2)7-8-20-11/h11H,3-9H2,1-2H3.